The van der Waals surface area contributed by atoms with E-state index < -0.39 is 0 Å². The van der Waals surface area contributed by atoms with Crippen LogP contribution in [0.4, 0.5) is 22.7 Å². The van der Waals surface area contributed by atoms with Crippen LogP contribution in [0.25, 0.3) is 0 Å². The van der Waals surface area contributed by atoms with Gasteiger partial charge in [0.15, 0.2) is 11.5 Å². The Hall–Kier alpha value is -6.74. The molecule has 0 bridgehead atoms. The summed E-state index contributed by atoms with van der Waals surface area (Å²) < 4.78 is 36.3. The molecule has 4 heterocycles. The van der Waals surface area contributed by atoms with Crippen molar-refractivity contribution in [2.45, 2.75) is 103 Å². The molecule has 14 nitrogen and oxygen atoms in total. The zero-order chi connectivity index (χ0) is 53.0. The number of unbranched alkanes of at least 4 members (excludes halogenated alkanes) is 2. The second-order valence-electron chi connectivity index (χ2n) is 20.4. The molecule has 4 aliphatic rings. The number of para-hydroxylation sites is 2. The van der Waals surface area contributed by atoms with E-state index in [-0.39, 0.29) is 42.9 Å². The van der Waals surface area contributed by atoms with Crippen molar-refractivity contribution in [2.75, 3.05) is 100 Å². The Morgan fingerprint density at radius 1 is 0.671 bits per heavy atom. The number of benzene rings is 5. The Balaban J connectivity index is 0.971. The van der Waals surface area contributed by atoms with Crippen LogP contribution >= 0.6 is 0 Å². The lowest BCUT2D eigenvalue weighted by atomic mass is 9.99. The third kappa shape index (κ3) is 12.7. The summed E-state index contributed by atoms with van der Waals surface area (Å²) in [5.41, 5.74) is 11.1. The van der Waals surface area contributed by atoms with Gasteiger partial charge in [0, 0.05) is 87.9 Å². The summed E-state index contributed by atoms with van der Waals surface area (Å²) in [4.78, 5) is 54.5. The van der Waals surface area contributed by atoms with Gasteiger partial charge in [-0.3, -0.25) is 19.4 Å². The molecule has 0 N–H and O–H groups in total. The first kappa shape index (κ1) is 54.1. The van der Waals surface area contributed by atoms with Crippen molar-refractivity contribution in [1.29, 1.82) is 0 Å². The Morgan fingerprint density at radius 3 is 2.05 bits per heavy atom. The van der Waals surface area contributed by atoms with Crippen LogP contribution in [0.1, 0.15) is 106 Å². The molecule has 5 aromatic rings. The molecule has 2 atom stereocenters. The number of hydrogen-bond donors (Lipinski definition) is 0. The van der Waals surface area contributed by atoms with E-state index in [0.29, 0.717) is 100 Å². The maximum atomic E-state index is 14.3. The average Bonchev–Trinajstić information content (AvgIpc) is 3.93. The lowest BCUT2D eigenvalue weighted by molar-refractivity contribution is -0.119. The highest BCUT2D eigenvalue weighted by Crippen LogP contribution is 2.42. The van der Waals surface area contributed by atoms with Gasteiger partial charge in [-0.05, 0) is 147 Å². The molecule has 0 aromatic heterocycles. The monoisotopic (exact) mass is 1030 g/mol. The van der Waals surface area contributed by atoms with Crippen LogP contribution in [-0.2, 0) is 51.5 Å². The number of carbonyl (C=O) groups is 3. The van der Waals surface area contributed by atoms with Gasteiger partial charge in [-0.1, -0.05) is 42.8 Å². The van der Waals surface area contributed by atoms with Gasteiger partial charge in [-0.2, -0.15) is 0 Å². The minimum absolute atomic E-state index is 0.00660. The van der Waals surface area contributed by atoms with Crippen LogP contribution in [0.15, 0.2) is 96.0 Å². The van der Waals surface area contributed by atoms with Gasteiger partial charge in [-0.25, -0.2) is 0 Å². The Kier molecular flexibility index (Phi) is 18.4. The van der Waals surface area contributed by atoms with Gasteiger partial charge in [0.2, 0.25) is 0 Å². The molecule has 9 rings (SSSR count). The molecule has 0 fully saturated rings. The number of aliphatic imine (C=N–C) groups is 1. The second kappa shape index (κ2) is 25.9. The largest absolute Gasteiger partial charge is 0.493 e. The highest BCUT2D eigenvalue weighted by molar-refractivity contribution is 6.12. The molecule has 76 heavy (non-hydrogen) atoms. The Labute approximate surface area is 448 Å². The highest BCUT2D eigenvalue weighted by Gasteiger charge is 2.40. The maximum absolute atomic E-state index is 14.3. The van der Waals surface area contributed by atoms with E-state index in [0.717, 1.165) is 96.5 Å². The highest BCUT2D eigenvalue weighted by atomic mass is 16.5. The Morgan fingerprint density at radius 2 is 1.33 bits per heavy atom. The number of aryl methyl sites for hydroxylation is 2. The number of amides is 2. The lowest BCUT2D eigenvalue weighted by Crippen LogP contribution is -2.41. The normalized spacial score (nSPS) is 16.4. The van der Waals surface area contributed by atoms with Gasteiger partial charge in [-0.15, -0.1) is 0 Å². The standard InChI is InChI=1S/C62H75N5O9/c1-6-63-23-13-7-8-17-52(68)18-14-24-65(25-26-73-29-30-74-28-27-71-4)50-33-44(41-75-58-39-57-54(31-43(58)2)62(70)67-51(40-64(57)3)36-48-16-10-12-20-56(48)67)32-45(34-50)42-76-60-37-46-21-22-49-35-47-15-9-11-19-55(47)66(49)61(69)53(46)38-59(60)72-5/h6,9-12,15-16,19-20,31-34,37-39,49,51H,7-8,13-14,17-18,21-30,35-36,40-42H2,1-5H3/t49-,51+/m1/s1. The average molecular weight is 1030 g/mol. The maximum Gasteiger partial charge on any atom is 0.260 e. The van der Waals surface area contributed by atoms with Gasteiger partial charge >= 0.3 is 0 Å². The van der Waals surface area contributed by atoms with Gasteiger partial charge in [0.05, 0.1) is 57.4 Å². The smallest absolute Gasteiger partial charge is 0.260 e. The fourth-order valence-electron chi connectivity index (χ4n) is 11.3. The van der Waals surface area contributed by atoms with Crippen molar-refractivity contribution in [1.82, 2.24) is 0 Å². The first-order chi connectivity index (χ1) is 37.1. The minimum Gasteiger partial charge on any atom is -0.493 e. The van der Waals surface area contributed by atoms with Crippen molar-refractivity contribution in [3.63, 3.8) is 0 Å². The molecule has 0 saturated heterocycles. The summed E-state index contributed by atoms with van der Waals surface area (Å²) in [6.45, 7) is 9.48. The number of carbonyl (C=O) groups excluding carboxylic acids is 3. The van der Waals surface area contributed by atoms with Crippen LogP contribution < -0.4 is 33.8 Å². The second-order valence-corrected chi connectivity index (χ2v) is 20.4. The van der Waals surface area contributed by atoms with Crippen molar-refractivity contribution in [2.24, 2.45) is 4.99 Å². The van der Waals surface area contributed by atoms with Crippen LogP contribution in [0.2, 0.25) is 0 Å². The molecular weight excluding hydrogens is 959 g/mol. The number of hydrogen-bond acceptors (Lipinski definition) is 12. The zero-order valence-corrected chi connectivity index (χ0v) is 45.2. The minimum atomic E-state index is -0.0132. The number of Topliss-reactive ketones (excluding diaryl/α,β-unsaturated/α-hetero) is 1. The topological polar surface area (TPSA) is 132 Å². The molecule has 4 aliphatic heterocycles. The molecule has 14 heteroatoms. The fourth-order valence-corrected chi connectivity index (χ4v) is 11.3. The van der Waals surface area contributed by atoms with Crippen LogP contribution in [0.3, 0.4) is 0 Å². The predicted molar refractivity (Wildman–Crippen MR) is 300 cm³/mol. The number of anilines is 4. The van der Waals surface area contributed by atoms with E-state index in [1.807, 2.05) is 90.5 Å². The molecule has 0 unspecified atom stereocenters. The van der Waals surface area contributed by atoms with E-state index in [1.54, 1.807) is 14.2 Å². The lowest BCUT2D eigenvalue weighted by Gasteiger charge is -2.26. The third-order valence-electron chi connectivity index (χ3n) is 15.2. The number of methoxy groups -OCH3 is 2. The first-order valence-corrected chi connectivity index (χ1v) is 27.3. The van der Waals surface area contributed by atoms with Crippen LogP contribution in [-0.4, -0.2) is 116 Å². The van der Waals surface area contributed by atoms with Crippen molar-refractivity contribution >= 4 is 46.6 Å². The van der Waals surface area contributed by atoms with Crippen molar-refractivity contribution in [3.8, 4) is 17.2 Å². The summed E-state index contributed by atoms with van der Waals surface area (Å²) in [5, 5.41) is 0. The van der Waals surface area contributed by atoms with Crippen LogP contribution in [0, 0.1) is 6.92 Å². The molecular formula is C62H75N5O9. The number of likely N-dealkylation sites (N-methyl/N-ethyl adjacent to an activating group) is 1. The van der Waals surface area contributed by atoms with E-state index in [1.165, 1.54) is 11.1 Å². The molecule has 0 saturated carbocycles. The molecule has 0 aliphatic carbocycles. The number of ketones is 1. The number of fused-ring (bicyclic) bond motifs is 8. The summed E-state index contributed by atoms with van der Waals surface area (Å²) in [6, 6.07) is 30.8. The van der Waals surface area contributed by atoms with Crippen molar-refractivity contribution in [3.05, 3.63) is 136 Å². The summed E-state index contributed by atoms with van der Waals surface area (Å²) in [6.07, 6.45) is 9.65. The van der Waals surface area contributed by atoms with Crippen molar-refractivity contribution < 1.29 is 42.8 Å². The van der Waals surface area contributed by atoms with Crippen LogP contribution in [0.5, 0.6) is 17.2 Å². The third-order valence-corrected chi connectivity index (χ3v) is 15.2. The van der Waals surface area contributed by atoms with Gasteiger partial charge < -0.3 is 48.0 Å². The molecule has 5 aromatic carbocycles. The number of ether oxygens (including phenoxy) is 6. The summed E-state index contributed by atoms with van der Waals surface area (Å²) >= 11 is 0. The summed E-state index contributed by atoms with van der Waals surface area (Å²) in [5.74, 6) is 2.03. The Bertz CT molecular complexity index is 2870. The quantitative estimate of drug-likeness (QED) is 0.0368. The summed E-state index contributed by atoms with van der Waals surface area (Å²) in [7, 11) is 5.32. The van der Waals surface area contributed by atoms with E-state index in [2.05, 4.69) is 52.2 Å². The molecule has 0 radical (unpaired) electrons. The number of nitrogens with zero attached hydrogens (tertiary/aromatic N) is 5. The van der Waals surface area contributed by atoms with E-state index in [9.17, 15) is 14.4 Å². The van der Waals surface area contributed by atoms with E-state index >= 15 is 0 Å². The molecule has 402 valence electrons. The van der Waals surface area contributed by atoms with Gasteiger partial charge in [0.25, 0.3) is 11.8 Å². The van der Waals surface area contributed by atoms with E-state index in [4.69, 9.17) is 28.4 Å². The molecule has 0 spiro atoms. The SMILES string of the molecule is CC=NCCCCCC(=O)CCCN(CCOCCOCCOC)c1cc(COc2cc3c(cc2C)C(=O)N2c4ccccc4C[C@H]2CN3C)cc(COc2cc3c(cc2OC)C(=O)N2c4ccccc4C[C@H]2CC3)c1. The number of rotatable bonds is 27. The predicted octanol–water partition coefficient (Wildman–Crippen LogP) is 10.2. The first-order valence-electron chi connectivity index (χ1n) is 27.3. The van der Waals surface area contributed by atoms with Gasteiger partial charge in [0.1, 0.15) is 24.7 Å². The fraction of sp³-hybridized carbons (Fsp3) is 0.452. The molecule has 2 amide bonds. The zero-order valence-electron chi connectivity index (χ0n) is 45.2.